The van der Waals surface area contributed by atoms with Gasteiger partial charge in [-0.3, -0.25) is 0 Å². The summed E-state index contributed by atoms with van der Waals surface area (Å²) in [4.78, 5) is -0.335. The van der Waals surface area contributed by atoms with Crippen LogP contribution in [-0.4, -0.2) is 63.7 Å². The molecule has 0 radical (unpaired) electrons. The van der Waals surface area contributed by atoms with Crippen LogP contribution in [0.15, 0.2) is 107 Å². The summed E-state index contributed by atoms with van der Waals surface area (Å²) >= 11 is 0. The van der Waals surface area contributed by atoms with E-state index in [1.165, 1.54) is 76.3 Å². The van der Waals surface area contributed by atoms with Crippen LogP contribution in [0, 0.1) is 0 Å². The largest absolute Gasteiger partial charge is 2.00 e. The Morgan fingerprint density at radius 3 is 1.04 bits per heavy atom. The minimum Gasteiger partial charge on any atom is -0.744 e. The number of hydrogen-bond donors (Lipinski definition) is 0. The van der Waals surface area contributed by atoms with Crippen LogP contribution >= 0.6 is 0 Å². The number of benzene rings is 4. The van der Waals surface area contributed by atoms with Crippen molar-refractivity contribution in [3.8, 4) is 23.0 Å². The Bertz CT molecular complexity index is 1710. The van der Waals surface area contributed by atoms with Gasteiger partial charge in [0.25, 0.3) is 0 Å². The summed E-state index contributed by atoms with van der Waals surface area (Å²) in [6, 6.07) is 27.7. The molecule has 0 unspecified atom stereocenters. The molecule has 0 aliphatic heterocycles. The van der Waals surface area contributed by atoms with Gasteiger partial charge in [0.15, 0.2) is 0 Å². The molecule has 4 rings (SSSR count). The van der Waals surface area contributed by atoms with Crippen molar-refractivity contribution in [2.24, 2.45) is 0 Å². The van der Waals surface area contributed by atoms with E-state index in [-0.39, 0.29) is 47.5 Å². The second-order valence-electron chi connectivity index (χ2n) is 13.7. The third-order valence-electron chi connectivity index (χ3n) is 9.22. The minimum absolute atomic E-state index is 0. The Balaban J connectivity index is 0.000000373. The minimum atomic E-state index is -4.54. The topological polar surface area (TPSA) is 133 Å². The smallest absolute Gasteiger partial charge is 0.744 e. The molecule has 0 heterocycles. The van der Waals surface area contributed by atoms with Crippen LogP contribution < -0.4 is 9.47 Å². The van der Waals surface area contributed by atoms with Gasteiger partial charge in [-0.1, -0.05) is 152 Å². The molecule has 0 aromatic heterocycles. The Morgan fingerprint density at radius 2 is 0.727 bits per heavy atom. The summed E-state index contributed by atoms with van der Waals surface area (Å²) in [7, 11) is -9.07. The fourth-order valence-corrected chi connectivity index (χ4v) is 7.85. The monoisotopic (exact) mass is 818 g/mol. The number of unbranched alkanes of at least 4 members (excludes halogenated alkanes) is 14. The van der Waals surface area contributed by atoms with Crippen molar-refractivity contribution in [1.82, 2.24) is 0 Å². The van der Waals surface area contributed by atoms with E-state index in [9.17, 15) is 25.9 Å². The second kappa shape index (κ2) is 27.2. The van der Waals surface area contributed by atoms with Crippen molar-refractivity contribution < 1.29 is 35.4 Å². The quantitative estimate of drug-likeness (QED) is 0.0388. The van der Waals surface area contributed by atoms with Gasteiger partial charge in [0, 0.05) is 11.1 Å². The van der Waals surface area contributed by atoms with E-state index in [0.29, 0.717) is 47.0 Å². The van der Waals surface area contributed by atoms with Crippen molar-refractivity contribution in [2.75, 3.05) is 0 Å². The predicted octanol–water partition coefficient (Wildman–Crippen LogP) is 11.8. The van der Waals surface area contributed by atoms with Gasteiger partial charge in [-0.25, -0.2) is 16.8 Å². The molecule has 0 N–H and O–H groups in total. The molecule has 0 amide bonds. The van der Waals surface area contributed by atoms with E-state index in [2.05, 4.69) is 13.8 Å². The summed E-state index contributed by atoms with van der Waals surface area (Å²) in [5.74, 6) is 2.13. The van der Waals surface area contributed by atoms with Gasteiger partial charge < -0.3 is 18.6 Å². The van der Waals surface area contributed by atoms with Gasteiger partial charge in [-0.05, 0) is 74.2 Å². The fraction of sp³-hybridized carbons (Fsp3) is 0.455. The van der Waals surface area contributed by atoms with Crippen LogP contribution in [0.2, 0.25) is 0 Å². The van der Waals surface area contributed by atoms with Gasteiger partial charge in [-0.2, -0.15) is 0 Å². The Morgan fingerprint density at radius 1 is 0.418 bits per heavy atom. The molecule has 4 aromatic rings. The van der Waals surface area contributed by atoms with Crippen LogP contribution in [0.1, 0.15) is 128 Å². The molecule has 0 fully saturated rings. The molecular weight excluding hydrogens is 761 g/mol. The first-order valence-corrected chi connectivity index (χ1v) is 22.5. The molecule has 4 aromatic carbocycles. The maximum Gasteiger partial charge on any atom is 2.00 e. The van der Waals surface area contributed by atoms with Crippen molar-refractivity contribution in [3.63, 3.8) is 0 Å². The number of hydrogen-bond acceptors (Lipinski definition) is 8. The van der Waals surface area contributed by atoms with Gasteiger partial charge in [0.1, 0.15) is 43.2 Å². The van der Waals surface area contributed by atoms with Crippen LogP contribution in [0.5, 0.6) is 23.0 Å². The third kappa shape index (κ3) is 19.0. The predicted molar refractivity (Wildman–Crippen MR) is 220 cm³/mol. The standard InChI is InChI=1S/2C22H30O4S.Ca/c2*1-2-3-4-5-6-7-8-12-16-20-21(26-19-14-10-9-11-15-19)17-13-18-22(20)27(23,24)25;/h2*9-11,13-15,17-18H,2-8,12,16H2,1H3,(H,23,24,25);/q;;+2/p-2. The number of rotatable bonds is 24. The van der Waals surface area contributed by atoms with Gasteiger partial charge in [0.05, 0.1) is 9.79 Å². The zero-order valence-electron chi connectivity index (χ0n) is 32.8. The fourth-order valence-electron chi connectivity index (χ4n) is 6.35. The van der Waals surface area contributed by atoms with E-state index in [4.69, 9.17) is 9.47 Å². The van der Waals surface area contributed by atoms with E-state index in [1.807, 2.05) is 36.4 Å². The first kappa shape index (κ1) is 48.7. The molecule has 11 heteroatoms. The summed E-state index contributed by atoms with van der Waals surface area (Å²) in [5, 5.41) is 0. The Kier molecular flexibility index (Phi) is 24.1. The SMILES string of the molecule is CCCCCCCCCCc1c(Oc2ccccc2)cccc1S(=O)(=O)[O-].CCCCCCCCCCc1c(Oc2ccccc2)cccc1S(=O)(=O)[O-].[Ca+2]. The van der Waals surface area contributed by atoms with E-state index < -0.39 is 20.2 Å². The van der Waals surface area contributed by atoms with Crippen LogP contribution in [0.25, 0.3) is 0 Å². The molecule has 0 saturated heterocycles. The summed E-state index contributed by atoms with van der Waals surface area (Å²) in [6.07, 6.45) is 19.5. The van der Waals surface area contributed by atoms with Crippen LogP contribution in [0.4, 0.5) is 0 Å². The molecule has 0 atom stereocenters. The molecule has 55 heavy (non-hydrogen) atoms. The van der Waals surface area contributed by atoms with Gasteiger partial charge in [0.2, 0.25) is 0 Å². The Hall–Kier alpha value is -2.44. The second-order valence-corrected chi connectivity index (χ2v) is 16.4. The third-order valence-corrected chi connectivity index (χ3v) is 11.1. The first-order valence-electron chi connectivity index (χ1n) is 19.7. The maximum absolute atomic E-state index is 11.7. The number of ether oxygens (including phenoxy) is 2. The van der Waals surface area contributed by atoms with Crippen molar-refractivity contribution >= 4 is 58.0 Å². The molecule has 296 valence electrons. The normalized spacial score (nSPS) is 11.3. The zero-order valence-corrected chi connectivity index (χ0v) is 36.6. The van der Waals surface area contributed by atoms with Crippen molar-refractivity contribution in [1.29, 1.82) is 0 Å². The van der Waals surface area contributed by atoms with E-state index in [1.54, 1.807) is 48.5 Å². The summed E-state index contributed by atoms with van der Waals surface area (Å²) in [6.45, 7) is 4.41. The van der Waals surface area contributed by atoms with E-state index in [0.717, 1.165) is 38.5 Å². The molecule has 0 bridgehead atoms. The Labute approximate surface area is 361 Å². The molecule has 0 spiro atoms. The average Bonchev–Trinajstić information content (AvgIpc) is 3.15. The summed E-state index contributed by atoms with van der Waals surface area (Å²) < 4.78 is 81.8. The van der Waals surface area contributed by atoms with Crippen LogP contribution in [0.3, 0.4) is 0 Å². The molecule has 0 saturated carbocycles. The van der Waals surface area contributed by atoms with Gasteiger partial charge in [-0.15, -0.1) is 0 Å². The molecule has 0 aliphatic carbocycles. The van der Waals surface area contributed by atoms with Crippen LogP contribution in [-0.2, 0) is 33.1 Å². The summed E-state index contributed by atoms with van der Waals surface area (Å²) in [5.41, 5.74) is 0.977. The maximum atomic E-state index is 11.7. The molecular formula is C44H58CaO8S2. The van der Waals surface area contributed by atoms with Crippen molar-refractivity contribution in [3.05, 3.63) is 108 Å². The molecule has 0 aliphatic rings. The van der Waals surface area contributed by atoms with Crippen molar-refractivity contribution in [2.45, 2.75) is 139 Å². The number of para-hydroxylation sites is 2. The molecule has 8 nitrogen and oxygen atoms in total. The average molecular weight is 819 g/mol. The first-order chi connectivity index (χ1) is 26.0. The van der Waals surface area contributed by atoms with E-state index >= 15 is 0 Å². The zero-order chi connectivity index (χ0) is 39.1. The van der Waals surface area contributed by atoms with Gasteiger partial charge >= 0.3 is 37.7 Å².